The number of carbonyl (C=O) groups excluding carboxylic acids is 1. The fraction of sp³-hybridized carbons (Fsp3) is 0.513. The quantitative estimate of drug-likeness (QED) is 0.164. The number of ether oxygens (including phenoxy) is 2. The highest BCUT2D eigenvalue weighted by Crippen LogP contribution is 2.29. The number of nitrogens with zero attached hydrogens (tertiary/aromatic N) is 3. The van der Waals surface area contributed by atoms with Crippen LogP contribution in [0, 0.1) is 6.92 Å². The van der Waals surface area contributed by atoms with Gasteiger partial charge in [0.2, 0.25) is 0 Å². The third-order valence-electron chi connectivity index (χ3n) is 9.65. The van der Waals surface area contributed by atoms with E-state index in [1.807, 2.05) is 26.2 Å². The number of carbonyl (C=O) groups is 1. The van der Waals surface area contributed by atoms with Crippen LogP contribution in [0.1, 0.15) is 54.2 Å². The molecular weight excluding hydrogens is 591 g/mol. The predicted molar refractivity (Wildman–Crippen MR) is 194 cm³/mol. The third-order valence-corrected chi connectivity index (χ3v) is 10.4. The van der Waals surface area contributed by atoms with E-state index in [0.717, 1.165) is 76.7 Å². The number of thioether (sulfide) groups is 1. The van der Waals surface area contributed by atoms with Crippen LogP contribution in [0.4, 0.5) is 5.69 Å². The first-order valence-corrected chi connectivity index (χ1v) is 18.0. The number of morpholine rings is 2. The maximum atomic E-state index is 13.6. The van der Waals surface area contributed by atoms with Crippen LogP contribution in [0.3, 0.4) is 0 Å². The monoisotopic (exact) mass is 645 g/mol. The molecule has 0 N–H and O–H groups in total. The van der Waals surface area contributed by atoms with Gasteiger partial charge in [-0.2, -0.15) is 0 Å². The first-order chi connectivity index (χ1) is 22.1. The zero-order chi connectivity index (χ0) is 33.2. The molecule has 250 valence electrons. The van der Waals surface area contributed by atoms with Crippen molar-refractivity contribution in [3.63, 3.8) is 0 Å². The van der Waals surface area contributed by atoms with Crippen molar-refractivity contribution < 1.29 is 14.3 Å². The van der Waals surface area contributed by atoms with Gasteiger partial charge in [0, 0.05) is 47.9 Å². The Morgan fingerprint density at radius 1 is 0.783 bits per heavy atom. The van der Waals surface area contributed by atoms with Gasteiger partial charge in [-0.25, -0.2) is 0 Å². The Balaban J connectivity index is 0.000000230. The number of aryl methyl sites for hydroxylation is 1. The second-order valence-electron chi connectivity index (χ2n) is 13.4. The number of ketones is 1. The van der Waals surface area contributed by atoms with E-state index in [2.05, 4.69) is 109 Å². The number of Topliss-reactive ketones (excluding diaryl/α,β-unsaturated/α-hetero) is 1. The van der Waals surface area contributed by atoms with E-state index in [4.69, 9.17) is 9.47 Å². The Hall–Kier alpha value is -2.68. The summed E-state index contributed by atoms with van der Waals surface area (Å²) in [5, 5.41) is 0. The van der Waals surface area contributed by atoms with Crippen molar-refractivity contribution in [3.05, 3.63) is 95.1 Å². The molecule has 0 bridgehead atoms. The lowest BCUT2D eigenvalue weighted by molar-refractivity contribution is -0.00984. The molecule has 7 heteroatoms. The number of anilines is 1. The molecule has 1 atom stereocenters. The maximum Gasteiger partial charge on any atom is 0.183 e. The van der Waals surface area contributed by atoms with Crippen LogP contribution in [0.15, 0.2) is 77.7 Å². The molecule has 5 rings (SSSR count). The van der Waals surface area contributed by atoms with Crippen molar-refractivity contribution in [2.45, 2.75) is 62.9 Å². The zero-order valence-corrected chi connectivity index (χ0v) is 30.0. The van der Waals surface area contributed by atoms with Gasteiger partial charge in [0.15, 0.2) is 5.78 Å². The molecule has 3 aromatic carbocycles. The van der Waals surface area contributed by atoms with Crippen LogP contribution in [0.2, 0.25) is 0 Å². The van der Waals surface area contributed by atoms with E-state index < -0.39 is 5.54 Å². The van der Waals surface area contributed by atoms with Gasteiger partial charge in [-0.3, -0.25) is 14.6 Å². The number of hydrogen-bond donors (Lipinski definition) is 0. The molecule has 2 aliphatic rings. The molecule has 2 saturated heterocycles. The highest BCUT2D eigenvalue weighted by molar-refractivity contribution is 7.98. The molecule has 6 nitrogen and oxygen atoms in total. The average Bonchev–Trinajstić information content (AvgIpc) is 3.09. The minimum Gasteiger partial charge on any atom is -0.379 e. The molecule has 3 aromatic rings. The summed E-state index contributed by atoms with van der Waals surface area (Å²) in [6, 6.07) is 25.6. The van der Waals surface area contributed by atoms with Gasteiger partial charge >= 0.3 is 0 Å². The van der Waals surface area contributed by atoms with Crippen LogP contribution in [0.5, 0.6) is 0 Å². The van der Waals surface area contributed by atoms with Crippen molar-refractivity contribution in [1.82, 2.24) is 9.80 Å². The van der Waals surface area contributed by atoms with Gasteiger partial charge in [0.25, 0.3) is 0 Å². The van der Waals surface area contributed by atoms with E-state index in [-0.39, 0.29) is 11.3 Å². The maximum absolute atomic E-state index is 13.6. The van der Waals surface area contributed by atoms with Crippen LogP contribution >= 0.6 is 11.8 Å². The van der Waals surface area contributed by atoms with Crippen LogP contribution in [-0.4, -0.2) is 99.6 Å². The molecule has 46 heavy (non-hydrogen) atoms. The van der Waals surface area contributed by atoms with Crippen molar-refractivity contribution in [2.24, 2.45) is 0 Å². The lowest BCUT2D eigenvalue weighted by Gasteiger charge is -2.41. The highest BCUT2D eigenvalue weighted by Gasteiger charge is 2.39. The second kappa shape index (κ2) is 16.9. The number of likely N-dealkylation sites (N-methyl/N-ethyl adjacent to an activating group) is 1. The van der Waals surface area contributed by atoms with Gasteiger partial charge in [-0.1, -0.05) is 48.9 Å². The summed E-state index contributed by atoms with van der Waals surface area (Å²) >= 11 is 1.80. The van der Waals surface area contributed by atoms with Gasteiger partial charge in [0.05, 0.1) is 32.0 Å². The van der Waals surface area contributed by atoms with Crippen molar-refractivity contribution >= 4 is 23.2 Å². The fourth-order valence-electron chi connectivity index (χ4n) is 6.52. The minimum absolute atomic E-state index is 0.189. The Bertz CT molecular complexity index is 1350. The first kappa shape index (κ1) is 36.2. The normalized spacial score (nSPS) is 17.3. The summed E-state index contributed by atoms with van der Waals surface area (Å²) in [5.74, 6) is 0.189. The number of rotatable bonds is 11. The SMILES string of the molecule is CCC(Cc1ccc(C)cc1)(C(=O)c1ccc(N2CCOCC2)cc1)N(C)C.CSc1ccc(CC(C)(C)N2CCOCC2)cc1. The fourth-order valence-corrected chi connectivity index (χ4v) is 6.93. The molecule has 0 saturated carbocycles. The van der Waals surface area contributed by atoms with E-state index in [1.54, 1.807) is 11.8 Å². The summed E-state index contributed by atoms with van der Waals surface area (Å²) in [7, 11) is 4.02. The van der Waals surface area contributed by atoms with E-state index in [1.165, 1.54) is 21.6 Å². The molecule has 1 unspecified atom stereocenters. The highest BCUT2D eigenvalue weighted by atomic mass is 32.2. The lowest BCUT2D eigenvalue weighted by Crippen LogP contribution is -2.52. The summed E-state index contributed by atoms with van der Waals surface area (Å²) in [5.41, 5.74) is 5.45. The number of hydrogen-bond acceptors (Lipinski definition) is 7. The lowest BCUT2D eigenvalue weighted by atomic mass is 9.80. The third kappa shape index (κ3) is 9.45. The Kier molecular flexibility index (Phi) is 13.3. The molecule has 0 radical (unpaired) electrons. The first-order valence-electron chi connectivity index (χ1n) is 16.7. The largest absolute Gasteiger partial charge is 0.379 e. The van der Waals surface area contributed by atoms with E-state index >= 15 is 0 Å². The number of benzene rings is 3. The topological polar surface area (TPSA) is 45.2 Å². The smallest absolute Gasteiger partial charge is 0.183 e. The second-order valence-corrected chi connectivity index (χ2v) is 14.2. The Morgan fingerprint density at radius 2 is 1.30 bits per heavy atom. The van der Waals surface area contributed by atoms with Crippen molar-refractivity contribution in [3.8, 4) is 0 Å². The van der Waals surface area contributed by atoms with Gasteiger partial charge in [-0.05, 0) is 108 Å². The van der Waals surface area contributed by atoms with Gasteiger partial charge in [0.1, 0.15) is 0 Å². The van der Waals surface area contributed by atoms with Gasteiger partial charge < -0.3 is 14.4 Å². The molecule has 2 heterocycles. The molecule has 0 aliphatic carbocycles. The van der Waals surface area contributed by atoms with Crippen molar-refractivity contribution in [2.75, 3.05) is 77.9 Å². The Morgan fingerprint density at radius 3 is 1.83 bits per heavy atom. The molecule has 2 fully saturated rings. The molecule has 0 amide bonds. The molecule has 2 aliphatic heterocycles. The minimum atomic E-state index is -0.546. The van der Waals surface area contributed by atoms with E-state index in [0.29, 0.717) is 6.42 Å². The summed E-state index contributed by atoms with van der Waals surface area (Å²) in [6.45, 7) is 16.0. The van der Waals surface area contributed by atoms with Gasteiger partial charge in [-0.15, -0.1) is 11.8 Å². The van der Waals surface area contributed by atoms with Crippen molar-refractivity contribution in [1.29, 1.82) is 0 Å². The van der Waals surface area contributed by atoms with Crippen LogP contribution < -0.4 is 4.90 Å². The van der Waals surface area contributed by atoms with E-state index in [9.17, 15) is 4.79 Å². The summed E-state index contributed by atoms with van der Waals surface area (Å²) < 4.78 is 10.9. The zero-order valence-electron chi connectivity index (χ0n) is 29.2. The Labute approximate surface area is 282 Å². The summed E-state index contributed by atoms with van der Waals surface area (Å²) in [4.78, 5) is 21.9. The summed E-state index contributed by atoms with van der Waals surface area (Å²) in [6.07, 6.45) is 4.69. The average molecular weight is 646 g/mol. The molecular formula is C39H55N3O3S. The molecule has 0 spiro atoms. The van der Waals surface area contributed by atoms with Crippen LogP contribution in [-0.2, 0) is 22.3 Å². The molecule has 0 aromatic heterocycles. The predicted octanol–water partition coefficient (Wildman–Crippen LogP) is 7.03. The van der Waals surface area contributed by atoms with Crippen LogP contribution in [0.25, 0.3) is 0 Å². The standard InChI is InChI=1S/C24H32N2O2.C15H23NOS/c1-5-24(25(3)4,18-20-8-6-19(2)7-9-20)23(27)21-10-12-22(13-11-21)26-14-16-28-17-15-26;1-15(2,16-8-10-17-11-9-16)12-13-4-6-14(18-3)7-5-13/h6-13H,5,14-18H2,1-4H3;4-7H,8-12H2,1-3H3.